The number of H-pyrrole nitrogens is 1. The molecule has 0 spiro atoms. The second-order valence-corrected chi connectivity index (χ2v) is 6.16. The van der Waals surface area contributed by atoms with Crippen molar-refractivity contribution in [3.05, 3.63) is 62.2 Å². The maximum Gasteiger partial charge on any atom is 0.326 e. The van der Waals surface area contributed by atoms with E-state index in [1.54, 1.807) is 25.2 Å². The van der Waals surface area contributed by atoms with Gasteiger partial charge in [-0.15, -0.1) is 0 Å². The number of benzene rings is 2. The molecule has 0 aliphatic heterocycles. The minimum Gasteiger partial charge on any atom is -0.326 e. The van der Waals surface area contributed by atoms with Crippen molar-refractivity contribution in [1.29, 1.82) is 0 Å². The van der Waals surface area contributed by atoms with Crippen LogP contribution < -0.4 is 16.7 Å². The Morgan fingerprint density at radius 1 is 1.38 bits per heavy atom. The van der Waals surface area contributed by atoms with Crippen LogP contribution in [0.1, 0.15) is 15.9 Å². The van der Waals surface area contributed by atoms with Gasteiger partial charge in [0.05, 0.1) is 11.0 Å². The fourth-order valence-electron chi connectivity index (χ4n) is 2.46. The van der Waals surface area contributed by atoms with Crippen molar-refractivity contribution >= 4 is 38.6 Å². The summed E-state index contributed by atoms with van der Waals surface area (Å²) < 4.78 is 15.8. The number of imidazole rings is 1. The normalized spacial score (nSPS) is 11.0. The Balaban J connectivity index is 1.94. The highest BCUT2D eigenvalue weighted by Gasteiger charge is 2.14. The van der Waals surface area contributed by atoms with Crippen LogP contribution in [0.25, 0.3) is 11.0 Å². The fraction of sp³-hybridized carbons (Fsp3) is 0.125. The molecule has 3 rings (SSSR count). The average molecular weight is 393 g/mol. The van der Waals surface area contributed by atoms with Gasteiger partial charge in [-0.1, -0.05) is 6.07 Å². The summed E-state index contributed by atoms with van der Waals surface area (Å²) >= 11 is 3.36. The molecular weight excluding hydrogens is 379 g/mol. The second kappa shape index (κ2) is 6.21. The number of rotatable bonds is 3. The van der Waals surface area contributed by atoms with Crippen LogP contribution in [0.5, 0.6) is 0 Å². The van der Waals surface area contributed by atoms with E-state index in [2.05, 4.69) is 26.2 Å². The number of amides is 1. The van der Waals surface area contributed by atoms with E-state index in [0.717, 1.165) is 0 Å². The van der Waals surface area contributed by atoms with E-state index in [4.69, 9.17) is 5.73 Å². The number of carbonyl (C=O) groups is 1. The van der Waals surface area contributed by atoms with E-state index in [1.807, 2.05) is 0 Å². The van der Waals surface area contributed by atoms with E-state index in [1.165, 1.54) is 16.7 Å². The topological polar surface area (TPSA) is 92.9 Å². The number of aromatic amines is 1. The van der Waals surface area contributed by atoms with Gasteiger partial charge < -0.3 is 16.0 Å². The summed E-state index contributed by atoms with van der Waals surface area (Å²) in [6.07, 6.45) is 0. The van der Waals surface area contributed by atoms with Crippen molar-refractivity contribution in [2.75, 3.05) is 5.32 Å². The van der Waals surface area contributed by atoms with Gasteiger partial charge in [-0.25, -0.2) is 9.18 Å². The number of halogens is 2. The Hall–Kier alpha value is -2.45. The summed E-state index contributed by atoms with van der Waals surface area (Å²) in [7, 11) is 1.63. The van der Waals surface area contributed by atoms with Crippen molar-refractivity contribution in [2.24, 2.45) is 12.8 Å². The quantitative estimate of drug-likeness (QED) is 0.638. The van der Waals surface area contributed by atoms with E-state index in [-0.39, 0.29) is 12.2 Å². The fourth-order valence-corrected chi connectivity index (χ4v) is 3.19. The van der Waals surface area contributed by atoms with Crippen molar-refractivity contribution in [3.63, 3.8) is 0 Å². The molecular formula is C16H14BrFN4O2. The van der Waals surface area contributed by atoms with Crippen LogP contribution in [0, 0.1) is 5.82 Å². The number of nitrogens with one attached hydrogen (secondary N) is 2. The molecule has 2 aromatic carbocycles. The van der Waals surface area contributed by atoms with Gasteiger partial charge in [0.1, 0.15) is 5.82 Å². The van der Waals surface area contributed by atoms with Crippen LogP contribution in [0.2, 0.25) is 0 Å². The van der Waals surface area contributed by atoms with E-state index >= 15 is 0 Å². The smallest absolute Gasteiger partial charge is 0.326 e. The van der Waals surface area contributed by atoms with Gasteiger partial charge in [0.2, 0.25) is 0 Å². The molecule has 24 heavy (non-hydrogen) atoms. The van der Waals surface area contributed by atoms with E-state index in [9.17, 15) is 14.0 Å². The van der Waals surface area contributed by atoms with Crippen LogP contribution >= 0.6 is 15.9 Å². The van der Waals surface area contributed by atoms with E-state index in [0.29, 0.717) is 32.3 Å². The van der Waals surface area contributed by atoms with Crippen molar-refractivity contribution in [3.8, 4) is 0 Å². The van der Waals surface area contributed by atoms with Gasteiger partial charge >= 0.3 is 5.69 Å². The molecule has 0 saturated heterocycles. The van der Waals surface area contributed by atoms with Gasteiger partial charge in [-0.2, -0.15) is 0 Å². The van der Waals surface area contributed by atoms with Crippen molar-refractivity contribution < 1.29 is 9.18 Å². The number of carbonyl (C=O) groups excluding carboxylic acids is 1. The average Bonchev–Trinajstić information content (AvgIpc) is 2.82. The Bertz CT molecular complexity index is 1010. The summed E-state index contributed by atoms with van der Waals surface area (Å²) in [5.41, 5.74) is 7.37. The highest BCUT2D eigenvalue weighted by molar-refractivity contribution is 9.10. The molecule has 0 saturated carbocycles. The van der Waals surface area contributed by atoms with Gasteiger partial charge in [0, 0.05) is 34.9 Å². The number of anilines is 1. The number of hydrogen-bond donors (Lipinski definition) is 3. The van der Waals surface area contributed by atoms with E-state index < -0.39 is 11.7 Å². The van der Waals surface area contributed by atoms with Crippen LogP contribution in [-0.2, 0) is 13.6 Å². The maximum absolute atomic E-state index is 13.7. The van der Waals surface area contributed by atoms with Crippen LogP contribution in [0.3, 0.4) is 0 Å². The molecule has 0 unspecified atom stereocenters. The zero-order valence-corrected chi connectivity index (χ0v) is 14.3. The Morgan fingerprint density at radius 2 is 2.12 bits per heavy atom. The monoisotopic (exact) mass is 392 g/mol. The molecule has 6 nitrogen and oxygen atoms in total. The lowest BCUT2D eigenvalue weighted by Crippen LogP contribution is -2.13. The predicted octanol–water partition coefficient (Wildman–Crippen LogP) is 2.48. The number of nitrogens with two attached hydrogens (primary N) is 1. The first-order valence-electron chi connectivity index (χ1n) is 7.09. The van der Waals surface area contributed by atoms with Gasteiger partial charge in [-0.3, -0.25) is 9.36 Å². The van der Waals surface area contributed by atoms with Gasteiger partial charge in [0.15, 0.2) is 0 Å². The molecule has 4 N–H and O–H groups in total. The Labute approximate surface area is 144 Å². The standard InChI is InChI=1S/C16H14BrFN4O2/c1-22-14-11(17)4-9(5-13(14)21-16(22)24)15(23)20-10-3-2-8(7-19)12(18)6-10/h2-6H,7,19H2,1H3,(H,20,23)(H,21,24). The molecule has 0 atom stereocenters. The molecule has 1 aromatic heterocycles. The maximum atomic E-state index is 13.7. The van der Waals surface area contributed by atoms with Gasteiger partial charge in [-0.05, 0) is 40.2 Å². The first-order valence-corrected chi connectivity index (χ1v) is 7.88. The predicted molar refractivity (Wildman–Crippen MR) is 93.5 cm³/mol. The van der Waals surface area contributed by atoms with Crippen LogP contribution in [-0.4, -0.2) is 15.5 Å². The van der Waals surface area contributed by atoms with Crippen LogP contribution in [0.4, 0.5) is 10.1 Å². The zero-order chi connectivity index (χ0) is 17.4. The van der Waals surface area contributed by atoms with Gasteiger partial charge in [0.25, 0.3) is 5.91 Å². The summed E-state index contributed by atoms with van der Waals surface area (Å²) in [6, 6.07) is 7.51. The summed E-state index contributed by atoms with van der Waals surface area (Å²) in [5.74, 6) is -0.887. The second-order valence-electron chi connectivity index (χ2n) is 5.31. The molecule has 0 aliphatic rings. The molecule has 0 bridgehead atoms. The van der Waals surface area contributed by atoms with Crippen molar-refractivity contribution in [2.45, 2.75) is 6.54 Å². The van der Waals surface area contributed by atoms with Crippen LogP contribution in [0.15, 0.2) is 39.6 Å². The van der Waals surface area contributed by atoms with Crippen molar-refractivity contribution in [1.82, 2.24) is 9.55 Å². The summed E-state index contributed by atoms with van der Waals surface area (Å²) in [4.78, 5) is 26.8. The molecule has 0 aliphatic carbocycles. The molecule has 1 heterocycles. The lowest BCUT2D eigenvalue weighted by Gasteiger charge is -2.08. The number of nitrogens with zero attached hydrogens (tertiary/aromatic N) is 1. The minimum absolute atomic E-state index is 0.0883. The lowest BCUT2D eigenvalue weighted by molar-refractivity contribution is 0.102. The molecule has 1 amide bonds. The third-order valence-electron chi connectivity index (χ3n) is 3.74. The molecule has 8 heteroatoms. The third-order valence-corrected chi connectivity index (χ3v) is 4.34. The number of aryl methyl sites for hydroxylation is 1. The lowest BCUT2D eigenvalue weighted by atomic mass is 10.1. The first-order chi connectivity index (χ1) is 11.4. The highest BCUT2D eigenvalue weighted by atomic mass is 79.9. The number of hydrogen-bond acceptors (Lipinski definition) is 3. The SMILES string of the molecule is Cn1c(=O)[nH]c2cc(C(=O)Nc3ccc(CN)c(F)c3)cc(Br)c21. The first kappa shape index (κ1) is 16.4. The summed E-state index contributed by atoms with van der Waals surface area (Å²) in [6.45, 7) is 0.0883. The number of fused-ring (bicyclic) bond motifs is 1. The molecule has 124 valence electrons. The molecule has 0 radical (unpaired) electrons. The third kappa shape index (κ3) is 2.85. The molecule has 3 aromatic rings. The Kier molecular flexibility index (Phi) is 4.25. The highest BCUT2D eigenvalue weighted by Crippen LogP contribution is 2.24. The largest absolute Gasteiger partial charge is 0.326 e. The minimum atomic E-state index is -0.473. The molecule has 0 fully saturated rings. The Morgan fingerprint density at radius 3 is 2.79 bits per heavy atom. The number of aromatic nitrogens is 2. The zero-order valence-electron chi connectivity index (χ0n) is 12.7. The summed E-state index contributed by atoms with van der Waals surface area (Å²) in [5, 5.41) is 2.62.